The van der Waals surface area contributed by atoms with Crippen LogP contribution in [-0.2, 0) is 13.1 Å². The van der Waals surface area contributed by atoms with E-state index in [9.17, 15) is 4.79 Å². The lowest BCUT2D eigenvalue weighted by Gasteiger charge is -2.26. The molecule has 27 heavy (non-hydrogen) atoms. The summed E-state index contributed by atoms with van der Waals surface area (Å²) in [5.74, 6) is 0.919. The van der Waals surface area contributed by atoms with Gasteiger partial charge in [0.1, 0.15) is 0 Å². The molecular formula is C20H27IN4OS. The average Bonchev–Trinajstić information content (AvgIpc) is 3.22. The molecule has 1 amide bonds. The molecule has 0 saturated carbocycles. The number of halogens is 1. The Balaban J connectivity index is 0.00000261. The van der Waals surface area contributed by atoms with E-state index in [0.29, 0.717) is 6.54 Å². The van der Waals surface area contributed by atoms with Crippen LogP contribution in [0.5, 0.6) is 0 Å². The molecule has 1 aliphatic rings. The van der Waals surface area contributed by atoms with Gasteiger partial charge in [0.05, 0.1) is 0 Å². The molecule has 0 radical (unpaired) electrons. The van der Waals surface area contributed by atoms with Crippen LogP contribution in [0, 0.1) is 0 Å². The van der Waals surface area contributed by atoms with Gasteiger partial charge in [-0.05, 0) is 59.3 Å². The SMILES string of the molecule is CN=C(NCc1ccc(C(=O)N2CCCCC2)cc1)NCc1ccsc1.I. The van der Waals surface area contributed by atoms with Crippen molar-refractivity contribution >= 4 is 47.2 Å². The van der Waals surface area contributed by atoms with Crippen molar-refractivity contribution in [3.8, 4) is 0 Å². The number of likely N-dealkylation sites (tertiary alicyclic amines) is 1. The molecule has 0 atom stereocenters. The fraction of sp³-hybridized carbons (Fsp3) is 0.400. The first-order valence-corrected chi connectivity index (χ1v) is 10.0. The maximum atomic E-state index is 12.5. The molecule has 1 fully saturated rings. The van der Waals surface area contributed by atoms with Crippen LogP contribution in [0.25, 0.3) is 0 Å². The number of amides is 1. The van der Waals surface area contributed by atoms with Crippen LogP contribution in [0.2, 0.25) is 0 Å². The van der Waals surface area contributed by atoms with E-state index in [1.54, 1.807) is 18.4 Å². The van der Waals surface area contributed by atoms with Crippen molar-refractivity contribution < 1.29 is 4.79 Å². The summed E-state index contributed by atoms with van der Waals surface area (Å²) >= 11 is 1.69. The van der Waals surface area contributed by atoms with E-state index in [2.05, 4.69) is 32.5 Å². The van der Waals surface area contributed by atoms with Gasteiger partial charge in [0.25, 0.3) is 5.91 Å². The fourth-order valence-corrected chi connectivity index (χ4v) is 3.70. The summed E-state index contributed by atoms with van der Waals surface area (Å²) < 4.78 is 0. The highest BCUT2D eigenvalue weighted by molar-refractivity contribution is 14.0. The molecule has 7 heteroatoms. The van der Waals surface area contributed by atoms with E-state index in [4.69, 9.17) is 0 Å². The highest BCUT2D eigenvalue weighted by atomic mass is 127. The zero-order valence-corrected chi connectivity index (χ0v) is 18.8. The number of piperidine rings is 1. The molecule has 0 unspecified atom stereocenters. The maximum Gasteiger partial charge on any atom is 0.253 e. The van der Waals surface area contributed by atoms with Crippen molar-refractivity contribution in [1.82, 2.24) is 15.5 Å². The number of aliphatic imine (C=N–C) groups is 1. The minimum Gasteiger partial charge on any atom is -0.352 e. The first kappa shape index (κ1) is 21.7. The van der Waals surface area contributed by atoms with Crippen LogP contribution >= 0.6 is 35.3 Å². The van der Waals surface area contributed by atoms with Gasteiger partial charge in [0, 0.05) is 38.8 Å². The molecule has 5 nitrogen and oxygen atoms in total. The summed E-state index contributed by atoms with van der Waals surface area (Å²) in [6.45, 7) is 3.19. The summed E-state index contributed by atoms with van der Waals surface area (Å²) in [5, 5.41) is 10.8. The van der Waals surface area contributed by atoms with Gasteiger partial charge < -0.3 is 15.5 Å². The minimum atomic E-state index is 0. The van der Waals surface area contributed by atoms with Crippen molar-refractivity contribution in [2.24, 2.45) is 4.99 Å². The van der Waals surface area contributed by atoms with Gasteiger partial charge in [-0.15, -0.1) is 24.0 Å². The van der Waals surface area contributed by atoms with E-state index < -0.39 is 0 Å². The fourth-order valence-electron chi connectivity index (χ4n) is 3.03. The summed E-state index contributed by atoms with van der Waals surface area (Å²) in [6, 6.07) is 9.97. The van der Waals surface area contributed by atoms with Crippen molar-refractivity contribution in [2.45, 2.75) is 32.4 Å². The van der Waals surface area contributed by atoms with Crippen molar-refractivity contribution in [3.63, 3.8) is 0 Å². The molecule has 1 aliphatic heterocycles. The van der Waals surface area contributed by atoms with Gasteiger partial charge in [-0.1, -0.05) is 12.1 Å². The van der Waals surface area contributed by atoms with Crippen LogP contribution in [0.4, 0.5) is 0 Å². The summed E-state index contributed by atoms with van der Waals surface area (Å²) in [5.41, 5.74) is 3.15. The predicted octanol–water partition coefficient (Wildman–Crippen LogP) is 3.86. The van der Waals surface area contributed by atoms with E-state index in [1.807, 2.05) is 29.2 Å². The monoisotopic (exact) mass is 498 g/mol. The van der Waals surface area contributed by atoms with Crippen molar-refractivity contribution in [3.05, 3.63) is 57.8 Å². The Morgan fingerprint density at radius 1 is 1.04 bits per heavy atom. The largest absolute Gasteiger partial charge is 0.352 e. The van der Waals surface area contributed by atoms with Gasteiger partial charge in [-0.2, -0.15) is 11.3 Å². The second-order valence-corrected chi connectivity index (χ2v) is 7.24. The topological polar surface area (TPSA) is 56.7 Å². The van der Waals surface area contributed by atoms with E-state index in [-0.39, 0.29) is 29.9 Å². The molecule has 2 aromatic rings. The number of hydrogen-bond donors (Lipinski definition) is 2. The third-order valence-electron chi connectivity index (χ3n) is 4.57. The Morgan fingerprint density at radius 2 is 1.70 bits per heavy atom. The Hall–Kier alpha value is -1.61. The first-order valence-electron chi connectivity index (χ1n) is 9.10. The lowest BCUT2D eigenvalue weighted by atomic mass is 10.1. The molecule has 2 N–H and O–H groups in total. The van der Waals surface area contributed by atoms with Gasteiger partial charge in [0.2, 0.25) is 0 Å². The highest BCUT2D eigenvalue weighted by Gasteiger charge is 2.17. The van der Waals surface area contributed by atoms with Gasteiger partial charge in [-0.25, -0.2) is 0 Å². The molecule has 1 aromatic carbocycles. The highest BCUT2D eigenvalue weighted by Crippen LogP contribution is 2.14. The molecule has 0 bridgehead atoms. The van der Waals surface area contributed by atoms with E-state index in [0.717, 1.165) is 49.6 Å². The normalized spacial score (nSPS) is 14.4. The standard InChI is InChI=1S/C20H26N4OS.HI/c1-21-20(23-14-17-9-12-26-15-17)22-13-16-5-7-18(8-6-16)19(25)24-10-3-2-4-11-24;/h5-9,12,15H,2-4,10-11,13-14H2,1H3,(H2,21,22,23);1H. The molecule has 3 rings (SSSR count). The molecule has 146 valence electrons. The first-order chi connectivity index (χ1) is 12.8. The Bertz CT molecular complexity index is 725. The average molecular weight is 498 g/mol. The van der Waals surface area contributed by atoms with Crippen LogP contribution in [0.3, 0.4) is 0 Å². The summed E-state index contributed by atoms with van der Waals surface area (Å²) in [6.07, 6.45) is 3.46. The predicted molar refractivity (Wildman–Crippen MR) is 123 cm³/mol. The van der Waals surface area contributed by atoms with E-state index in [1.165, 1.54) is 12.0 Å². The van der Waals surface area contributed by atoms with Crippen molar-refractivity contribution in [1.29, 1.82) is 0 Å². The van der Waals surface area contributed by atoms with Crippen LogP contribution in [0.15, 0.2) is 46.1 Å². The maximum absolute atomic E-state index is 12.5. The number of nitrogens with one attached hydrogen (secondary N) is 2. The third-order valence-corrected chi connectivity index (χ3v) is 5.30. The molecule has 0 spiro atoms. The second-order valence-electron chi connectivity index (χ2n) is 6.46. The number of carbonyl (C=O) groups is 1. The van der Waals surface area contributed by atoms with Crippen molar-refractivity contribution in [2.75, 3.05) is 20.1 Å². The van der Waals surface area contributed by atoms with Gasteiger partial charge in [-0.3, -0.25) is 9.79 Å². The lowest BCUT2D eigenvalue weighted by molar-refractivity contribution is 0.0724. The Morgan fingerprint density at radius 3 is 2.30 bits per heavy atom. The number of nitrogens with zero attached hydrogens (tertiary/aromatic N) is 2. The number of rotatable bonds is 5. The molecule has 2 heterocycles. The van der Waals surface area contributed by atoms with E-state index >= 15 is 0 Å². The van der Waals surface area contributed by atoms with Crippen LogP contribution in [-0.4, -0.2) is 36.9 Å². The smallest absolute Gasteiger partial charge is 0.253 e. The van der Waals surface area contributed by atoms with Crippen LogP contribution in [0.1, 0.15) is 40.7 Å². The second kappa shape index (κ2) is 11.3. The summed E-state index contributed by atoms with van der Waals surface area (Å²) in [4.78, 5) is 18.7. The quantitative estimate of drug-likeness (QED) is 0.374. The molecule has 0 aliphatic carbocycles. The lowest BCUT2D eigenvalue weighted by Crippen LogP contribution is -2.36. The van der Waals surface area contributed by atoms with Crippen LogP contribution < -0.4 is 10.6 Å². The number of carbonyl (C=O) groups excluding carboxylic acids is 1. The third kappa shape index (κ3) is 6.49. The van der Waals surface area contributed by atoms with Gasteiger partial charge in [0.15, 0.2) is 5.96 Å². The number of hydrogen-bond acceptors (Lipinski definition) is 3. The number of benzene rings is 1. The molecule has 1 saturated heterocycles. The number of thiophene rings is 1. The number of guanidine groups is 1. The zero-order chi connectivity index (χ0) is 18.2. The zero-order valence-electron chi connectivity index (χ0n) is 15.6. The minimum absolute atomic E-state index is 0. The molecule has 1 aromatic heterocycles. The summed E-state index contributed by atoms with van der Waals surface area (Å²) in [7, 11) is 1.77. The van der Waals surface area contributed by atoms with Gasteiger partial charge >= 0.3 is 0 Å². The Labute approximate surface area is 182 Å². The Kier molecular flexibility index (Phi) is 9.06. The molecular weight excluding hydrogens is 471 g/mol.